The van der Waals surface area contributed by atoms with Gasteiger partial charge in [0.2, 0.25) is 0 Å². The van der Waals surface area contributed by atoms with Crippen LogP contribution in [0.25, 0.3) is 0 Å². The van der Waals surface area contributed by atoms with Crippen molar-refractivity contribution < 1.29 is 36.9 Å². The quantitative estimate of drug-likeness (QED) is 0.570. The first kappa shape index (κ1) is 24.6. The van der Waals surface area contributed by atoms with Crippen molar-refractivity contribution in [2.75, 3.05) is 0 Å². The zero-order chi connectivity index (χ0) is 18.6. The molecule has 0 amide bonds. The summed E-state index contributed by atoms with van der Waals surface area (Å²) in [5.41, 5.74) is -0.467. The molecule has 0 aliphatic carbocycles. The van der Waals surface area contributed by atoms with Crippen LogP contribution in [0.15, 0.2) is 24.3 Å². The number of rotatable bonds is 2. The number of benzene rings is 2. The molecule has 0 spiro atoms. The number of aromatic carboxylic acids is 2. The molecule has 0 aliphatic heterocycles. The van der Waals surface area contributed by atoms with Crippen LogP contribution >= 0.6 is 69.6 Å². The third-order valence-corrected chi connectivity index (χ3v) is 4.05. The Morgan fingerprint density at radius 1 is 0.600 bits per heavy atom. The molecule has 137 valence electrons. The molecule has 0 atom stereocenters. The smallest absolute Gasteiger partial charge is 0.545 e. The zero-order valence-electron chi connectivity index (χ0n) is 11.5. The number of carboxylic acids is 2. The minimum atomic E-state index is -1.42. The summed E-state index contributed by atoms with van der Waals surface area (Å²) in [6, 6.07) is 5.17. The maximum Gasteiger partial charge on any atom is 2.00 e. The number of carbonyl (C=O) groups is 2. The van der Waals surface area contributed by atoms with Crippen LogP contribution in [-0.4, -0.2) is 11.9 Å². The average molecular weight is 512 g/mol. The van der Waals surface area contributed by atoms with Crippen molar-refractivity contribution in [1.82, 2.24) is 0 Å². The van der Waals surface area contributed by atoms with Crippen LogP contribution in [0.3, 0.4) is 0 Å². The van der Waals surface area contributed by atoms with Gasteiger partial charge >= 0.3 is 17.1 Å². The second kappa shape index (κ2) is 10.7. The number of carboxylic acid groups (broad SMARTS) is 2. The van der Waals surface area contributed by atoms with Crippen molar-refractivity contribution in [3.63, 3.8) is 0 Å². The van der Waals surface area contributed by atoms with Crippen molar-refractivity contribution in [3.8, 4) is 0 Å². The molecule has 1 radical (unpaired) electrons. The molecule has 0 aliphatic rings. The summed E-state index contributed by atoms with van der Waals surface area (Å²) in [7, 11) is 0. The third kappa shape index (κ3) is 7.04. The fraction of sp³-hybridized carbons (Fsp3) is 0. The maximum absolute atomic E-state index is 10.4. The molecule has 0 unspecified atom stereocenters. The van der Waals surface area contributed by atoms with Crippen LogP contribution in [0.1, 0.15) is 20.7 Å². The molecule has 2 rings (SSSR count). The molecule has 25 heavy (non-hydrogen) atoms. The monoisotopic (exact) mass is 509 g/mol. The fourth-order valence-electron chi connectivity index (χ4n) is 1.47. The predicted octanol–water partition coefficient (Wildman–Crippen LogP) is 4.02. The van der Waals surface area contributed by atoms with Gasteiger partial charge in [-0.1, -0.05) is 69.6 Å². The van der Waals surface area contributed by atoms with E-state index in [0.717, 1.165) is 0 Å². The van der Waals surface area contributed by atoms with Gasteiger partial charge in [-0.2, -0.15) is 0 Å². The van der Waals surface area contributed by atoms with E-state index in [9.17, 15) is 19.8 Å². The summed E-state index contributed by atoms with van der Waals surface area (Å²) in [6.45, 7) is 0. The van der Waals surface area contributed by atoms with Crippen LogP contribution in [0, 0.1) is 0 Å². The Kier molecular flexibility index (Phi) is 10.6. The van der Waals surface area contributed by atoms with Gasteiger partial charge < -0.3 is 19.8 Å². The number of carbonyl (C=O) groups excluding carboxylic acids is 2. The van der Waals surface area contributed by atoms with Crippen molar-refractivity contribution in [2.24, 2.45) is 0 Å². The van der Waals surface area contributed by atoms with Gasteiger partial charge in [0, 0.05) is 21.2 Å². The summed E-state index contributed by atoms with van der Waals surface area (Å²) in [4.78, 5) is 20.9. The van der Waals surface area contributed by atoms with E-state index < -0.39 is 11.9 Å². The molecule has 2 aromatic rings. The molecular formula is C14H4Cl6CuO4. The Morgan fingerprint density at radius 2 is 0.800 bits per heavy atom. The molecule has 0 fully saturated rings. The van der Waals surface area contributed by atoms with Gasteiger partial charge in [-0.05, 0) is 24.3 Å². The minimum absolute atomic E-state index is 0. The normalized spacial score (nSPS) is 9.52. The van der Waals surface area contributed by atoms with Gasteiger partial charge in [0.15, 0.2) is 0 Å². The average Bonchev–Trinajstić information content (AvgIpc) is 2.35. The van der Waals surface area contributed by atoms with E-state index in [-0.39, 0.29) is 58.3 Å². The van der Waals surface area contributed by atoms with Gasteiger partial charge in [0.05, 0.1) is 32.0 Å². The topological polar surface area (TPSA) is 80.3 Å². The fourth-order valence-corrected chi connectivity index (χ4v) is 3.42. The predicted molar refractivity (Wildman–Crippen MR) is 91.6 cm³/mol. The van der Waals surface area contributed by atoms with Crippen molar-refractivity contribution >= 4 is 81.5 Å². The largest absolute Gasteiger partial charge is 2.00 e. The van der Waals surface area contributed by atoms with Crippen LogP contribution < -0.4 is 10.2 Å². The first-order chi connectivity index (χ1) is 11.0. The Hall–Kier alpha value is -0.361. The first-order valence-electron chi connectivity index (χ1n) is 5.76. The summed E-state index contributed by atoms with van der Waals surface area (Å²) in [5.74, 6) is -2.83. The van der Waals surface area contributed by atoms with E-state index in [2.05, 4.69) is 0 Å². The van der Waals surface area contributed by atoms with Crippen molar-refractivity contribution in [3.05, 3.63) is 65.5 Å². The SMILES string of the molecule is O=C([O-])c1c(Cl)cc(Cl)cc1Cl.O=C([O-])c1c(Cl)cc(Cl)cc1Cl.[Cu+2]. The minimum Gasteiger partial charge on any atom is -0.545 e. The van der Waals surface area contributed by atoms with E-state index in [1.807, 2.05) is 0 Å². The van der Waals surface area contributed by atoms with E-state index in [0.29, 0.717) is 0 Å². The maximum atomic E-state index is 10.4. The van der Waals surface area contributed by atoms with Crippen LogP contribution in [0.4, 0.5) is 0 Å². The molecule has 2 aromatic carbocycles. The van der Waals surface area contributed by atoms with E-state index in [1.54, 1.807) is 0 Å². The summed E-state index contributed by atoms with van der Waals surface area (Å²) < 4.78 is 0. The van der Waals surface area contributed by atoms with E-state index in [4.69, 9.17) is 69.6 Å². The molecule has 0 saturated carbocycles. The standard InChI is InChI=1S/2C7H3Cl3O2.Cu/c2*8-3-1-4(9)6(7(11)12)5(10)2-3;/h2*1-2H,(H,11,12);/q;;+2/p-2. The zero-order valence-corrected chi connectivity index (χ0v) is 17.0. The summed E-state index contributed by atoms with van der Waals surface area (Å²) in [5, 5.41) is 21.4. The first-order valence-corrected chi connectivity index (χ1v) is 8.03. The Bertz CT molecular complexity index is 698. The summed E-state index contributed by atoms with van der Waals surface area (Å²) >= 11 is 33.2. The molecule has 0 aromatic heterocycles. The molecule has 4 nitrogen and oxygen atoms in total. The van der Waals surface area contributed by atoms with Gasteiger partial charge in [-0.25, -0.2) is 0 Å². The van der Waals surface area contributed by atoms with Gasteiger partial charge in [0.25, 0.3) is 0 Å². The van der Waals surface area contributed by atoms with Crippen molar-refractivity contribution in [1.29, 1.82) is 0 Å². The van der Waals surface area contributed by atoms with Crippen LogP contribution in [-0.2, 0) is 17.1 Å². The van der Waals surface area contributed by atoms with E-state index >= 15 is 0 Å². The number of hydrogen-bond acceptors (Lipinski definition) is 4. The third-order valence-electron chi connectivity index (χ3n) is 2.42. The molecule has 0 N–H and O–H groups in total. The Balaban J connectivity index is 0.000000443. The Morgan fingerprint density at radius 3 is 0.960 bits per heavy atom. The van der Waals surface area contributed by atoms with Crippen LogP contribution in [0.2, 0.25) is 30.1 Å². The second-order valence-electron chi connectivity index (χ2n) is 4.06. The molecular weight excluding hydrogens is 508 g/mol. The molecule has 0 bridgehead atoms. The van der Waals surface area contributed by atoms with E-state index in [1.165, 1.54) is 24.3 Å². The van der Waals surface area contributed by atoms with Gasteiger partial charge in [0.1, 0.15) is 0 Å². The molecule has 0 saturated heterocycles. The molecule has 0 heterocycles. The van der Waals surface area contributed by atoms with Crippen molar-refractivity contribution in [2.45, 2.75) is 0 Å². The molecule has 11 heteroatoms. The van der Waals surface area contributed by atoms with Crippen LogP contribution in [0.5, 0.6) is 0 Å². The number of hydrogen-bond donors (Lipinski definition) is 0. The van der Waals surface area contributed by atoms with Gasteiger partial charge in [-0.15, -0.1) is 0 Å². The second-order valence-corrected chi connectivity index (χ2v) is 6.57. The summed E-state index contributed by atoms with van der Waals surface area (Å²) in [6.07, 6.45) is 0. The Labute approximate surface area is 183 Å². The number of halogens is 6. The van der Waals surface area contributed by atoms with Gasteiger partial charge in [-0.3, -0.25) is 0 Å².